The van der Waals surface area contributed by atoms with Gasteiger partial charge in [-0.25, -0.2) is 0 Å². The quantitative estimate of drug-likeness (QED) is 0.730. The fourth-order valence-electron chi connectivity index (χ4n) is 3.39. The fourth-order valence-corrected chi connectivity index (χ4v) is 3.39. The average Bonchev–Trinajstić information content (AvgIpc) is 2.75. The van der Waals surface area contributed by atoms with Crippen LogP contribution in [0.5, 0.6) is 0 Å². The van der Waals surface area contributed by atoms with E-state index in [9.17, 15) is 0 Å². The summed E-state index contributed by atoms with van der Waals surface area (Å²) >= 11 is 0. The molecule has 2 unspecified atom stereocenters. The molecule has 0 spiro atoms. The minimum Gasteiger partial charge on any atom is -0.315 e. The van der Waals surface area contributed by atoms with E-state index in [2.05, 4.69) is 35.9 Å². The third-order valence-corrected chi connectivity index (χ3v) is 4.49. The van der Waals surface area contributed by atoms with E-state index in [1.54, 1.807) is 0 Å². The second-order valence-corrected chi connectivity index (χ2v) is 6.45. The molecule has 2 saturated heterocycles. The van der Waals surface area contributed by atoms with E-state index in [0.717, 1.165) is 12.1 Å². The van der Waals surface area contributed by atoms with E-state index in [1.165, 1.54) is 58.4 Å². The Morgan fingerprint density at radius 2 is 2.06 bits per heavy atom. The minimum atomic E-state index is 0.631. The van der Waals surface area contributed by atoms with E-state index in [0.29, 0.717) is 6.04 Å². The topological polar surface area (TPSA) is 18.5 Å². The van der Waals surface area contributed by atoms with Crippen molar-refractivity contribution in [3.05, 3.63) is 0 Å². The fraction of sp³-hybridized carbons (Fsp3) is 1.00. The summed E-state index contributed by atoms with van der Waals surface area (Å²) in [6.45, 7) is 13.3. The van der Waals surface area contributed by atoms with Gasteiger partial charge in [-0.1, -0.05) is 13.8 Å². The summed E-state index contributed by atoms with van der Waals surface area (Å²) < 4.78 is 0. The molecule has 0 aromatic carbocycles. The molecule has 106 valence electrons. The highest BCUT2D eigenvalue weighted by Crippen LogP contribution is 2.24. The molecule has 18 heavy (non-hydrogen) atoms. The Labute approximate surface area is 113 Å². The van der Waals surface area contributed by atoms with Gasteiger partial charge in [-0.05, 0) is 52.2 Å². The van der Waals surface area contributed by atoms with Crippen molar-refractivity contribution in [2.24, 2.45) is 0 Å². The number of piperazine rings is 1. The zero-order valence-electron chi connectivity index (χ0n) is 12.5. The van der Waals surface area contributed by atoms with Gasteiger partial charge >= 0.3 is 0 Å². The van der Waals surface area contributed by atoms with Gasteiger partial charge in [0.1, 0.15) is 0 Å². The predicted octanol–water partition coefficient (Wildman–Crippen LogP) is 1.93. The minimum absolute atomic E-state index is 0.631. The molecule has 1 N–H and O–H groups in total. The van der Waals surface area contributed by atoms with Crippen molar-refractivity contribution in [1.29, 1.82) is 0 Å². The standard InChI is InChI=1S/C15H31N3/c1-13(2)16-8-4-5-9-17-12-15-7-6-10-18(15)11-14(17)3/h13-16H,4-12H2,1-3H3. The van der Waals surface area contributed by atoms with Crippen LogP contribution in [0.1, 0.15) is 46.5 Å². The van der Waals surface area contributed by atoms with Gasteiger partial charge in [0.15, 0.2) is 0 Å². The largest absolute Gasteiger partial charge is 0.315 e. The smallest absolute Gasteiger partial charge is 0.0224 e. The first-order valence-corrected chi connectivity index (χ1v) is 7.88. The third-order valence-electron chi connectivity index (χ3n) is 4.49. The van der Waals surface area contributed by atoms with Crippen LogP contribution in [-0.2, 0) is 0 Å². The van der Waals surface area contributed by atoms with E-state index < -0.39 is 0 Å². The molecular weight excluding hydrogens is 222 g/mol. The van der Waals surface area contributed by atoms with Crippen LogP contribution < -0.4 is 5.32 Å². The molecule has 3 nitrogen and oxygen atoms in total. The second kappa shape index (κ2) is 6.88. The molecule has 2 aliphatic rings. The first-order chi connectivity index (χ1) is 8.66. The molecule has 3 heteroatoms. The number of fused-ring (bicyclic) bond motifs is 1. The molecule has 2 heterocycles. The molecule has 2 aliphatic heterocycles. The average molecular weight is 253 g/mol. The highest BCUT2D eigenvalue weighted by Gasteiger charge is 2.33. The number of unbranched alkanes of at least 4 members (excludes halogenated alkanes) is 1. The maximum Gasteiger partial charge on any atom is 0.0224 e. The van der Waals surface area contributed by atoms with E-state index in [4.69, 9.17) is 0 Å². The summed E-state index contributed by atoms with van der Waals surface area (Å²) in [4.78, 5) is 5.43. The number of rotatable bonds is 6. The van der Waals surface area contributed by atoms with Gasteiger partial charge in [0.05, 0.1) is 0 Å². The van der Waals surface area contributed by atoms with Crippen LogP contribution in [0.2, 0.25) is 0 Å². The SMILES string of the molecule is CC(C)NCCCCN1CC2CCCN2CC1C. The van der Waals surface area contributed by atoms with Crippen molar-refractivity contribution in [3.63, 3.8) is 0 Å². The molecule has 2 atom stereocenters. The number of nitrogens with one attached hydrogen (secondary N) is 1. The van der Waals surface area contributed by atoms with Gasteiger partial charge in [0, 0.05) is 31.2 Å². The summed E-state index contributed by atoms with van der Waals surface area (Å²) in [6, 6.07) is 2.26. The van der Waals surface area contributed by atoms with E-state index >= 15 is 0 Å². The summed E-state index contributed by atoms with van der Waals surface area (Å²) in [5.74, 6) is 0. The molecule has 0 saturated carbocycles. The van der Waals surface area contributed by atoms with Gasteiger partial charge in [-0.3, -0.25) is 9.80 Å². The van der Waals surface area contributed by atoms with E-state index in [-0.39, 0.29) is 0 Å². The van der Waals surface area contributed by atoms with Gasteiger partial charge in [-0.2, -0.15) is 0 Å². The highest BCUT2D eigenvalue weighted by atomic mass is 15.3. The van der Waals surface area contributed by atoms with Gasteiger partial charge in [0.2, 0.25) is 0 Å². The van der Waals surface area contributed by atoms with Crippen LogP contribution in [0.4, 0.5) is 0 Å². The molecule has 0 radical (unpaired) electrons. The first-order valence-electron chi connectivity index (χ1n) is 7.88. The maximum absolute atomic E-state index is 3.50. The molecule has 0 aromatic rings. The van der Waals surface area contributed by atoms with Crippen molar-refractivity contribution in [2.75, 3.05) is 32.7 Å². The van der Waals surface area contributed by atoms with Gasteiger partial charge in [-0.15, -0.1) is 0 Å². The lowest BCUT2D eigenvalue weighted by molar-refractivity contribution is 0.0584. The lowest BCUT2D eigenvalue weighted by Gasteiger charge is -2.42. The molecular formula is C15H31N3. The van der Waals surface area contributed by atoms with Crippen molar-refractivity contribution >= 4 is 0 Å². The van der Waals surface area contributed by atoms with Gasteiger partial charge < -0.3 is 5.32 Å². The Morgan fingerprint density at radius 1 is 1.22 bits per heavy atom. The third kappa shape index (κ3) is 3.94. The lowest BCUT2D eigenvalue weighted by Crippen LogP contribution is -2.55. The van der Waals surface area contributed by atoms with Crippen LogP contribution in [-0.4, -0.2) is 60.6 Å². The van der Waals surface area contributed by atoms with Crippen molar-refractivity contribution in [3.8, 4) is 0 Å². The zero-order chi connectivity index (χ0) is 13.0. The number of nitrogens with zero attached hydrogens (tertiary/aromatic N) is 2. The monoisotopic (exact) mass is 253 g/mol. The Balaban J connectivity index is 1.63. The van der Waals surface area contributed by atoms with Gasteiger partial charge in [0.25, 0.3) is 0 Å². The van der Waals surface area contributed by atoms with E-state index in [1.807, 2.05) is 0 Å². The van der Waals surface area contributed by atoms with Crippen LogP contribution in [0.25, 0.3) is 0 Å². The molecule has 0 aliphatic carbocycles. The summed E-state index contributed by atoms with van der Waals surface area (Å²) in [7, 11) is 0. The second-order valence-electron chi connectivity index (χ2n) is 6.45. The summed E-state index contributed by atoms with van der Waals surface area (Å²) in [5.41, 5.74) is 0. The van der Waals surface area contributed by atoms with Crippen LogP contribution in [0.3, 0.4) is 0 Å². The summed E-state index contributed by atoms with van der Waals surface area (Å²) in [6.07, 6.45) is 5.51. The predicted molar refractivity (Wildman–Crippen MR) is 78.0 cm³/mol. The molecule has 2 fully saturated rings. The Kier molecular flexibility index (Phi) is 5.46. The van der Waals surface area contributed by atoms with Crippen LogP contribution in [0, 0.1) is 0 Å². The summed E-state index contributed by atoms with van der Waals surface area (Å²) in [5, 5.41) is 3.50. The Morgan fingerprint density at radius 3 is 2.83 bits per heavy atom. The lowest BCUT2D eigenvalue weighted by atomic mass is 10.1. The van der Waals surface area contributed by atoms with Crippen LogP contribution in [0.15, 0.2) is 0 Å². The maximum atomic E-state index is 3.50. The van der Waals surface area contributed by atoms with Crippen LogP contribution >= 0.6 is 0 Å². The Hall–Kier alpha value is -0.120. The number of hydrogen-bond acceptors (Lipinski definition) is 3. The highest BCUT2D eigenvalue weighted by molar-refractivity contribution is 4.90. The zero-order valence-corrected chi connectivity index (χ0v) is 12.5. The molecule has 0 amide bonds. The molecule has 2 rings (SSSR count). The Bertz CT molecular complexity index is 242. The molecule has 0 aromatic heterocycles. The molecule has 0 bridgehead atoms. The van der Waals surface area contributed by atoms with Crippen molar-refractivity contribution in [1.82, 2.24) is 15.1 Å². The first kappa shape index (κ1) is 14.3. The van der Waals surface area contributed by atoms with Crippen molar-refractivity contribution in [2.45, 2.75) is 64.6 Å². The van der Waals surface area contributed by atoms with Crippen molar-refractivity contribution < 1.29 is 0 Å². The normalized spacial score (nSPS) is 30.0. The number of hydrogen-bond donors (Lipinski definition) is 1.